The summed E-state index contributed by atoms with van der Waals surface area (Å²) in [6, 6.07) is 10.2. The van der Waals surface area contributed by atoms with E-state index >= 15 is 0 Å². The van der Waals surface area contributed by atoms with E-state index in [0.29, 0.717) is 18.7 Å². The molecule has 2 heterocycles. The first-order chi connectivity index (χ1) is 23.6. The third-order valence-corrected chi connectivity index (χ3v) is 7.86. The molecule has 2 aliphatic rings. The number of rotatable bonds is 7. The summed E-state index contributed by atoms with van der Waals surface area (Å²) in [4.78, 5) is 55.5. The lowest BCUT2D eigenvalue weighted by atomic mass is 10.00. The van der Waals surface area contributed by atoms with Crippen molar-refractivity contribution in [3.63, 3.8) is 0 Å². The van der Waals surface area contributed by atoms with E-state index in [2.05, 4.69) is 5.32 Å². The molecule has 0 saturated carbocycles. The van der Waals surface area contributed by atoms with Gasteiger partial charge in [-0.1, -0.05) is 42.5 Å². The maximum Gasteiger partial charge on any atom is 0.509 e. The number of likely N-dealkylation sites (tertiary alicyclic amines) is 1. The van der Waals surface area contributed by atoms with Crippen molar-refractivity contribution in [2.24, 2.45) is 0 Å². The molecular weight excluding hydrogens is 668 g/mol. The minimum absolute atomic E-state index is 0.0456. The van der Waals surface area contributed by atoms with Gasteiger partial charge in [0.25, 0.3) is 6.43 Å². The molecule has 0 aliphatic carbocycles. The van der Waals surface area contributed by atoms with Crippen molar-refractivity contribution in [1.29, 1.82) is 0 Å². The topological polar surface area (TPSA) is 133 Å². The molecule has 0 unspecified atom stereocenters. The van der Waals surface area contributed by atoms with Crippen LogP contribution in [-0.2, 0) is 49.7 Å². The van der Waals surface area contributed by atoms with E-state index in [1.807, 2.05) is 18.2 Å². The number of nitrogens with zero attached hydrogens (tertiary/aromatic N) is 2. The minimum Gasteiger partial charge on any atom is -0.444 e. The first kappa shape index (κ1) is 39.2. The smallest absolute Gasteiger partial charge is 0.444 e. The molecule has 280 valence electrons. The number of fused-ring (bicyclic) bond motifs is 1. The van der Waals surface area contributed by atoms with Crippen molar-refractivity contribution in [3.05, 3.63) is 70.3 Å². The lowest BCUT2D eigenvalue weighted by Crippen LogP contribution is -2.46. The molecule has 1 saturated heterocycles. The van der Waals surface area contributed by atoms with E-state index in [-0.39, 0.29) is 25.1 Å². The molecule has 4 rings (SSSR count). The van der Waals surface area contributed by atoms with Gasteiger partial charge in [-0.25, -0.2) is 28.0 Å². The van der Waals surface area contributed by atoms with Crippen LogP contribution >= 0.6 is 0 Å². The van der Waals surface area contributed by atoms with Crippen LogP contribution in [0.25, 0.3) is 0 Å². The molecule has 1 fully saturated rings. The third-order valence-electron chi connectivity index (χ3n) is 7.86. The van der Waals surface area contributed by atoms with Crippen molar-refractivity contribution in [2.75, 3.05) is 6.54 Å². The monoisotopic (exact) mass is 717 g/mol. The van der Waals surface area contributed by atoms with Crippen LogP contribution in [0.15, 0.2) is 42.5 Å². The van der Waals surface area contributed by atoms with Crippen molar-refractivity contribution in [2.45, 2.75) is 130 Å². The van der Waals surface area contributed by atoms with Gasteiger partial charge >= 0.3 is 24.4 Å². The summed E-state index contributed by atoms with van der Waals surface area (Å²) in [5.41, 5.74) is 0.515. The molecule has 2 aliphatic heterocycles. The molecule has 2 aromatic carbocycles. The zero-order valence-electron chi connectivity index (χ0n) is 30.7. The van der Waals surface area contributed by atoms with E-state index in [9.17, 15) is 28.0 Å². The van der Waals surface area contributed by atoms with Crippen molar-refractivity contribution < 1.29 is 51.6 Å². The first-order valence-electron chi connectivity index (χ1n) is 16.9. The Labute approximate surface area is 297 Å². The van der Waals surface area contributed by atoms with Gasteiger partial charge in [0.2, 0.25) is 0 Å². The highest BCUT2D eigenvalue weighted by molar-refractivity contribution is 5.72. The Morgan fingerprint density at radius 2 is 1.41 bits per heavy atom. The minimum atomic E-state index is -2.67. The fourth-order valence-corrected chi connectivity index (χ4v) is 5.76. The van der Waals surface area contributed by atoms with Crippen LogP contribution in [0.3, 0.4) is 0 Å². The second-order valence-electron chi connectivity index (χ2n) is 15.7. The van der Waals surface area contributed by atoms with E-state index in [4.69, 9.17) is 23.7 Å². The zero-order chi connectivity index (χ0) is 37.9. The quantitative estimate of drug-likeness (QED) is 0.227. The number of benzene rings is 2. The number of alkyl carbamates (subject to hydrolysis) is 1. The van der Waals surface area contributed by atoms with Gasteiger partial charge in [-0.05, 0) is 91.0 Å². The number of halogens is 2. The molecule has 14 heteroatoms. The predicted octanol–water partition coefficient (Wildman–Crippen LogP) is 7.65. The Morgan fingerprint density at radius 1 is 0.804 bits per heavy atom. The molecule has 0 bridgehead atoms. The lowest BCUT2D eigenvalue weighted by Gasteiger charge is -2.30. The maximum absolute atomic E-state index is 13.5. The fourth-order valence-electron chi connectivity index (χ4n) is 5.76. The Kier molecular flexibility index (Phi) is 11.8. The van der Waals surface area contributed by atoms with Gasteiger partial charge in [0, 0.05) is 18.7 Å². The number of carbonyl (C=O) groups is 4. The number of nitrogens with one attached hydrogen (secondary N) is 1. The van der Waals surface area contributed by atoms with Gasteiger partial charge in [-0.3, -0.25) is 9.80 Å². The van der Waals surface area contributed by atoms with Gasteiger partial charge in [0.1, 0.15) is 16.8 Å². The van der Waals surface area contributed by atoms with Crippen LogP contribution in [0, 0.1) is 0 Å². The van der Waals surface area contributed by atoms with Crippen LogP contribution in [0.4, 0.5) is 28.0 Å². The Balaban J connectivity index is 1.57. The molecule has 3 atom stereocenters. The molecule has 12 nitrogen and oxygen atoms in total. The van der Waals surface area contributed by atoms with E-state index in [1.165, 1.54) is 29.2 Å². The second kappa shape index (κ2) is 15.3. The Hall–Kier alpha value is -4.62. The summed E-state index contributed by atoms with van der Waals surface area (Å²) < 4.78 is 54.7. The lowest BCUT2D eigenvalue weighted by molar-refractivity contribution is -0.0518. The van der Waals surface area contributed by atoms with Gasteiger partial charge in [-0.2, -0.15) is 0 Å². The average Bonchev–Trinajstić information content (AvgIpc) is 3.56. The Morgan fingerprint density at radius 3 is 2.00 bits per heavy atom. The van der Waals surface area contributed by atoms with Crippen molar-refractivity contribution in [3.8, 4) is 0 Å². The predicted molar refractivity (Wildman–Crippen MR) is 182 cm³/mol. The summed E-state index contributed by atoms with van der Waals surface area (Å²) >= 11 is 0. The highest BCUT2D eigenvalue weighted by Gasteiger charge is 2.50. The zero-order valence-corrected chi connectivity index (χ0v) is 30.7. The summed E-state index contributed by atoms with van der Waals surface area (Å²) in [6.45, 7) is 16.0. The number of ether oxygens (including phenoxy) is 5. The fraction of sp³-hybridized carbons (Fsp3) is 0.568. The molecule has 2 aromatic rings. The number of hydrogen-bond acceptors (Lipinski definition) is 9. The third kappa shape index (κ3) is 11.2. The summed E-state index contributed by atoms with van der Waals surface area (Å²) in [6.07, 6.45) is -8.04. The van der Waals surface area contributed by atoms with Crippen LogP contribution in [0.5, 0.6) is 0 Å². The summed E-state index contributed by atoms with van der Waals surface area (Å²) in [5, 5.41) is 2.75. The van der Waals surface area contributed by atoms with Gasteiger partial charge in [-0.15, -0.1) is 0 Å². The number of hydrogen-bond donors (Lipinski definition) is 1. The van der Waals surface area contributed by atoms with E-state index in [0.717, 1.165) is 16.7 Å². The van der Waals surface area contributed by atoms with E-state index in [1.54, 1.807) is 67.2 Å². The maximum atomic E-state index is 13.5. The molecule has 1 N–H and O–H groups in total. The largest absolute Gasteiger partial charge is 0.509 e. The molecule has 0 aromatic heterocycles. The second-order valence-corrected chi connectivity index (χ2v) is 15.7. The molecule has 3 amide bonds. The van der Waals surface area contributed by atoms with Crippen LogP contribution in [0.2, 0.25) is 0 Å². The SMILES string of the molecule is CC(C)(C)OC(=O)O[C@H]1CN(C(=O)OC(C)(C)C)[C@H](Cc2ccc(C(F)F)cc2)[C@@H]1OC(=O)NCc1cccc2c1CN(C(=O)OC(C)(C)C)C2. The molecular formula is C37H49F2N3O9. The normalized spacial score (nSPS) is 19.0. The molecule has 0 spiro atoms. The highest BCUT2D eigenvalue weighted by Crippen LogP contribution is 2.31. The number of amides is 3. The summed E-state index contributed by atoms with van der Waals surface area (Å²) in [7, 11) is 0. The van der Waals surface area contributed by atoms with Crippen molar-refractivity contribution >= 4 is 24.4 Å². The summed E-state index contributed by atoms with van der Waals surface area (Å²) in [5.74, 6) is 0. The van der Waals surface area contributed by atoms with Crippen LogP contribution in [-0.4, -0.2) is 75.8 Å². The van der Waals surface area contributed by atoms with E-state index < -0.39 is 65.9 Å². The van der Waals surface area contributed by atoms with Gasteiger partial charge < -0.3 is 29.0 Å². The van der Waals surface area contributed by atoms with Gasteiger partial charge in [0.05, 0.1) is 19.1 Å². The molecule has 0 radical (unpaired) electrons. The van der Waals surface area contributed by atoms with Crippen molar-refractivity contribution in [1.82, 2.24) is 15.1 Å². The van der Waals surface area contributed by atoms with Crippen LogP contribution < -0.4 is 5.32 Å². The number of carbonyl (C=O) groups excluding carboxylic acids is 4. The van der Waals surface area contributed by atoms with Gasteiger partial charge in [0.15, 0.2) is 12.2 Å². The Bertz CT molecular complexity index is 1580. The first-order valence-corrected chi connectivity index (χ1v) is 16.9. The standard InChI is InChI=1S/C37H49F2N3O9/c1-35(2,3)49-32(44)41-19-25-12-10-11-24(26(25)20-41)18-40-31(43)48-29-27(17-22-13-15-23(16-14-22)30(38)39)42(33(45)50-36(4,5)6)21-28(29)47-34(46)51-37(7,8)9/h10-16,27-30H,17-21H2,1-9H3,(H,40,43)/t27-,28+,29+/m1/s1. The number of alkyl halides is 2. The highest BCUT2D eigenvalue weighted by atomic mass is 19.3. The molecule has 51 heavy (non-hydrogen) atoms. The van der Waals surface area contributed by atoms with Crippen LogP contribution in [0.1, 0.15) is 96.6 Å². The average molecular weight is 718 g/mol.